The predicted octanol–water partition coefficient (Wildman–Crippen LogP) is 6.18. The summed E-state index contributed by atoms with van der Waals surface area (Å²) in [5.74, 6) is 2.21. The van der Waals surface area contributed by atoms with Crippen molar-refractivity contribution < 1.29 is 27.9 Å². The molecule has 2 atom stereocenters. The lowest BCUT2D eigenvalue weighted by molar-refractivity contribution is -0.0555. The Morgan fingerprint density at radius 1 is 0.900 bits per heavy atom. The van der Waals surface area contributed by atoms with Crippen molar-refractivity contribution in [1.29, 1.82) is 0 Å². The zero-order valence-corrected chi connectivity index (χ0v) is 24.7. The quantitative estimate of drug-likeness (QED) is 0.222. The van der Waals surface area contributed by atoms with Crippen LogP contribution in [0.2, 0.25) is 0 Å². The van der Waals surface area contributed by atoms with Crippen LogP contribution in [0.1, 0.15) is 70.4 Å². The Morgan fingerprint density at radius 2 is 1.62 bits per heavy atom. The van der Waals surface area contributed by atoms with Crippen LogP contribution in [-0.4, -0.2) is 48.7 Å². The molecule has 2 aliphatic rings. The van der Waals surface area contributed by atoms with Crippen molar-refractivity contribution in [3.63, 3.8) is 0 Å². The monoisotopic (exact) mass is 547 g/mol. The first kappa shape index (κ1) is 28.9. The number of aromatic nitrogens is 1. The zero-order chi connectivity index (χ0) is 28.3. The maximum Gasteiger partial charge on any atom is 0.498 e. The Morgan fingerprint density at radius 3 is 2.38 bits per heavy atom. The maximum absolute atomic E-state index is 6.27. The molecule has 214 valence electrons. The Bertz CT molecular complexity index is 1270. The molecule has 0 radical (unpaired) electrons. The van der Waals surface area contributed by atoms with Gasteiger partial charge in [-0.05, 0) is 85.4 Å². The minimum Gasteiger partial charge on any atom is -0.492 e. The van der Waals surface area contributed by atoms with E-state index < -0.39 is 18.3 Å². The van der Waals surface area contributed by atoms with E-state index in [0.29, 0.717) is 25.7 Å². The van der Waals surface area contributed by atoms with Gasteiger partial charge in [0.1, 0.15) is 23.8 Å². The molecule has 8 heteroatoms. The standard InChI is InChI=1S/C32H42BNO6/c1-22-11-9-12-24(19-22)30-34-28(23(2)38-30)21-37-26-14-10-13-25(20-26)35-17-18-36-29-16-8-7-15-27(29)33-39-31(3,4)32(5,6)40-33/h7-9,11-12,15-16,19,25-26H,10,13-14,17-18,20-21H2,1-6H3/t25-,26+/m1/s1. The molecule has 40 heavy (non-hydrogen) atoms. The highest BCUT2D eigenvalue weighted by molar-refractivity contribution is 6.63. The topological polar surface area (TPSA) is 72.2 Å². The van der Waals surface area contributed by atoms with Gasteiger partial charge in [-0.1, -0.05) is 35.9 Å². The molecule has 5 rings (SSSR count). The first-order valence-electron chi connectivity index (χ1n) is 14.5. The number of rotatable bonds is 10. The number of aryl methyl sites for hydroxylation is 2. The number of hydrogen-bond donors (Lipinski definition) is 0. The van der Waals surface area contributed by atoms with Gasteiger partial charge in [0.25, 0.3) is 0 Å². The molecule has 0 spiro atoms. The van der Waals surface area contributed by atoms with Crippen molar-refractivity contribution in [3.8, 4) is 17.2 Å². The third kappa shape index (κ3) is 6.63. The highest BCUT2D eigenvalue weighted by atomic mass is 16.7. The van der Waals surface area contributed by atoms with Crippen molar-refractivity contribution in [3.05, 3.63) is 65.5 Å². The van der Waals surface area contributed by atoms with Crippen LogP contribution in [0.5, 0.6) is 5.75 Å². The van der Waals surface area contributed by atoms with Gasteiger partial charge in [-0.3, -0.25) is 0 Å². The lowest BCUT2D eigenvalue weighted by Gasteiger charge is -2.32. The van der Waals surface area contributed by atoms with Crippen LogP contribution in [0, 0.1) is 13.8 Å². The lowest BCUT2D eigenvalue weighted by atomic mass is 9.78. The number of para-hydroxylation sites is 1. The predicted molar refractivity (Wildman–Crippen MR) is 156 cm³/mol. The van der Waals surface area contributed by atoms with E-state index in [2.05, 4.69) is 46.8 Å². The molecule has 1 aromatic heterocycles. The average molecular weight is 548 g/mol. The number of oxazole rings is 1. The summed E-state index contributed by atoms with van der Waals surface area (Å²) in [6.45, 7) is 13.7. The van der Waals surface area contributed by atoms with Crippen LogP contribution >= 0.6 is 0 Å². The molecule has 1 saturated carbocycles. The molecule has 0 bridgehead atoms. The van der Waals surface area contributed by atoms with E-state index >= 15 is 0 Å². The molecule has 1 saturated heterocycles. The van der Waals surface area contributed by atoms with Crippen LogP contribution in [0.25, 0.3) is 11.5 Å². The summed E-state index contributed by atoms with van der Waals surface area (Å²) in [5, 5.41) is 0. The van der Waals surface area contributed by atoms with Gasteiger partial charge in [0, 0.05) is 11.0 Å². The molecule has 2 heterocycles. The summed E-state index contributed by atoms with van der Waals surface area (Å²) in [4.78, 5) is 4.71. The second-order valence-corrected chi connectivity index (χ2v) is 12.0. The normalized spacial score (nSPS) is 22.0. The number of nitrogens with zero attached hydrogens (tertiary/aromatic N) is 1. The molecule has 2 fully saturated rings. The van der Waals surface area contributed by atoms with Gasteiger partial charge >= 0.3 is 7.12 Å². The van der Waals surface area contributed by atoms with Crippen molar-refractivity contribution in [2.45, 2.75) is 97.2 Å². The van der Waals surface area contributed by atoms with Crippen LogP contribution in [0.15, 0.2) is 52.9 Å². The second kappa shape index (κ2) is 12.1. The van der Waals surface area contributed by atoms with Crippen LogP contribution in [0.3, 0.4) is 0 Å². The molecule has 2 aromatic carbocycles. The van der Waals surface area contributed by atoms with Crippen LogP contribution < -0.4 is 10.2 Å². The Labute approximate surface area is 238 Å². The summed E-state index contributed by atoms with van der Waals surface area (Å²) in [6.07, 6.45) is 4.30. The van der Waals surface area contributed by atoms with Gasteiger partial charge in [0.05, 0.1) is 36.6 Å². The summed E-state index contributed by atoms with van der Waals surface area (Å²) in [6, 6.07) is 16.1. The third-order valence-electron chi connectivity index (χ3n) is 8.31. The molecular weight excluding hydrogens is 505 g/mol. The molecule has 1 aliphatic heterocycles. The average Bonchev–Trinajstić information content (AvgIpc) is 3.40. The van der Waals surface area contributed by atoms with Crippen molar-refractivity contribution in [2.75, 3.05) is 13.2 Å². The highest BCUT2D eigenvalue weighted by Crippen LogP contribution is 2.37. The minimum absolute atomic E-state index is 0.141. The van der Waals surface area contributed by atoms with E-state index in [9.17, 15) is 0 Å². The van der Waals surface area contributed by atoms with Gasteiger partial charge in [0.15, 0.2) is 0 Å². The zero-order valence-electron chi connectivity index (χ0n) is 24.7. The number of benzene rings is 2. The fourth-order valence-corrected chi connectivity index (χ4v) is 5.21. The van der Waals surface area contributed by atoms with Gasteiger partial charge in [-0.25, -0.2) is 4.98 Å². The molecule has 0 N–H and O–H groups in total. The van der Waals surface area contributed by atoms with Gasteiger partial charge in [-0.2, -0.15) is 0 Å². The van der Waals surface area contributed by atoms with E-state index in [0.717, 1.165) is 53.9 Å². The van der Waals surface area contributed by atoms with E-state index in [-0.39, 0.29) is 12.2 Å². The third-order valence-corrected chi connectivity index (χ3v) is 8.31. The molecular formula is C32H42BNO6. The van der Waals surface area contributed by atoms with Crippen molar-refractivity contribution in [2.24, 2.45) is 0 Å². The van der Waals surface area contributed by atoms with E-state index in [1.807, 2.05) is 43.3 Å². The van der Waals surface area contributed by atoms with E-state index in [4.69, 9.17) is 32.9 Å². The summed E-state index contributed by atoms with van der Waals surface area (Å²) < 4.78 is 37.0. The minimum atomic E-state index is -0.459. The van der Waals surface area contributed by atoms with Gasteiger partial charge in [-0.15, -0.1) is 0 Å². The fourth-order valence-electron chi connectivity index (χ4n) is 5.21. The Kier molecular flexibility index (Phi) is 8.71. The molecule has 7 nitrogen and oxygen atoms in total. The van der Waals surface area contributed by atoms with E-state index in [1.54, 1.807) is 0 Å². The SMILES string of the molecule is Cc1cccc(-c2nc(CO[C@H]3CCC[C@@H](OCCOc4ccccc4B4OC(C)(C)C(C)(C)O4)C3)c(C)o2)c1. The molecule has 1 aliphatic carbocycles. The first-order chi connectivity index (χ1) is 19.1. The van der Waals surface area contributed by atoms with Gasteiger partial charge in [0.2, 0.25) is 5.89 Å². The summed E-state index contributed by atoms with van der Waals surface area (Å²) >= 11 is 0. The summed E-state index contributed by atoms with van der Waals surface area (Å²) in [5.41, 5.74) is 3.13. The maximum atomic E-state index is 6.27. The van der Waals surface area contributed by atoms with Crippen LogP contribution in [-0.2, 0) is 25.4 Å². The van der Waals surface area contributed by atoms with Crippen LogP contribution in [0.4, 0.5) is 0 Å². The largest absolute Gasteiger partial charge is 0.498 e. The number of hydrogen-bond acceptors (Lipinski definition) is 7. The molecule has 3 aromatic rings. The highest BCUT2D eigenvalue weighted by Gasteiger charge is 2.52. The smallest absolute Gasteiger partial charge is 0.492 e. The summed E-state index contributed by atoms with van der Waals surface area (Å²) in [7, 11) is -0.459. The Balaban J connectivity index is 1.08. The molecule has 0 unspecified atom stereocenters. The first-order valence-corrected chi connectivity index (χ1v) is 14.5. The lowest BCUT2D eigenvalue weighted by Crippen LogP contribution is -2.41. The second-order valence-electron chi connectivity index (χ2n) is 12.0. The molecule has 0 amide bonds. The van der Waals surface area contributed by atoms with Crippen molar-refractivity contribution >= 4 is 12.6 Å². The van der Waals surface area contributed by atoms with Gasteiger partial charge < -0.3 is 27.9 Å². The van der Waals surface area contributed by atoms with Crippen molar-refractivity contribution in [1.82, 2.24) is 4.98 Å². The Hall–Kier alpha value is -2.65. The number of ether oxygens (including phenoxy) is 3. The fraction of sp³-hybridized carbons (Fsp3) is 0.531. The van der Waals surface area contributed by atoms with E-state index in [1.165, 1.54) is 5.56 Å².